The number of nitrogens with one attached hydrogen (secondary N) is 2. The van der Waals surface area contributed by atoms with E-state index in [1.807, 2.05) is 0 Å². The number of carbonyl (C=O) groups excluding carboxylic acids is 1. The van der Waals surface area contributed by atoms with Crippen LogP contribution in [-0.2, 0) is 10.0 Å². The molecule has 2 aliphatic heterocycles. The van der Waals surface area contributed by atoms with Crippen molar-refractivity contribution >= 4 is 21.9 Å². The number of benzene rings is 1. The smallest absolute Gasteiger partial charge is 0.266 e. The average Bonchev–Trinajstić information content (AvgIpc) is 3.15. The molecular formula is C17H23N7O3S. The van der Waals surface area contributed by atoms with Crippen LogP contribution in [-0.4, -0.2) is 84.7 Å². The number of anilines is 1. The van der Waals surface area contributed by atoms with Gasteiger partial charge in [-0.2, -0.15) is 14.8 Å². The zero-order valence-corrected chi connectivity index (χ0v) is 16.4. The maximum atomic E-state index is 12.5. The molecule has 0 atom stereocenters. The Balaban J connectivity index is 1.41. The Morgan fingerprint density at radius 3 is 2.71 bits per heavy atom. The molecule has 2 aliphatic rings. The van der Waals surface area contributed by atoms with Gasteiger partial charge < -0.3 is 10.2 Å². The molecule has 1 saturated heterocycles. The predicted molar refractivity (Wildman–Crippen MR) is 103 cm³/mol. The Hall–Kier alpha value is -2.50. The molecular weight excluding hydrogens is 382 g/mol. The first-order valence-electron chi connectivity index (χ1n) is 9.28. The lowest BCUT2D eigenvalue weighted by Gasteiger charge is -2.33. The number of amides is 1. The zero-order valence-electron chi connectivity index (χ0n) is 15.6. The molecule has 11 heteroatoms. The molecule has 1 fully saturated rings. The number of hydrogen-bond donors (Lipinski definition) is 2. The van der Waals surface area contributed by atoms with Crippen LogP contribution in [0.5, 0.6) is 0 Å². The van der Waals surface area contributed by atoms with Gasteiger partial charge in [0.25, 0.3) is 15.9 Å². The Labute approximate surface area is 163 Å². The summed E-state index contributed by atoms with van der Waals surface area (Å²) < 4.78 is 28.6. The van der Waals surface area contributed by atoms with Crippen molar-refractivity contribution in [2.24, 2.45) is 0 Å². The lowest BCUT2D eigenvalue weighted by Crippen LogP contribution is -2.48. The van der Waals surface area contributed by atoms with E-state index in [1.54, 1.807) is 12.1 Å². The van der Waals surface area contributed by atoms with E-state index in [1.165, 1.54) is 17.1 Å². The van der Waals surface area contributed by atoms with Crippen molar-refractivity contribution in [1.82, 2.24) is 29.9 Å². The van der Waals surface area contributed by atoms with Gasteiger partial charge >= 0.3 is 0 Å². The largest absolute Gasteiger partial charge is 0.351 e. The van der Waals surface area contributed by atoms with Crippen LogP contribution in [0.25, 0.3) is 5.69 Å². The molecule has 0 aliphatic carbocycles. The van der Waals surface area contributed by atoms with Gasteiger partial charge in [-0.05, 0) is 24.7 Å². The van der Waals surface area contributed by atoms with Crippen molar-refractivity contribution in [3.8, 4) is 5.69 Å². The van der Waals surface area contributed by atoms with Crippen molar-refractivity contribution in [3.63, 3.8) is 0 Å². The highest BCUT2D eigenvalue weighted by atomic mass is 32.2. The summed E-state index contributed by atoms with van der Waals surface area (Å²) in [6.45, 7) is 8.59. The lowest BCUT2D eigenvalue weighted by molar-refractivity contribution is 0.0937. The van der Waals surface area contributed by atoms with E-state index in [0.29, 0.717) is 17.8 Å². The Bertz CT molecular complexity index is 980. The maximum Gasteiger partial charge on any atom is 0.266 e. The summed E-state index contributed by atoms with van der Waals surface area (Å²) in [5, 5.41) is 6.90. The number of sulfonamides is 1. The number of nitrogens with zero attached hydrogens (tertiary/aromatic N) is 5. The molecule has 10 nitrogen and oxygen atoms in total. The monoisotopic (exact) mass is 405 g/mol. The van der Waals surface area contributed by atoms with Gasteiger partial charge in [0, 0.05) is 44.8 Å². The summed E-state index contributed by atoms with van der Waals surface area (Å²) in [6.07, 6.45) is 1.27. The van der Waals surface area contributed by atoms with Gasteiger partial charge in [0.2, 0.25) is 5.95 Å². The number of aromatic nitrogens is 3. The zero-order chi connectivity index (χ0) is 19.7. The van der Waals surface area contributed by atoms with Crippen LogP contribution >= 0.6 is 0 Å². The van der Waals surface area contributed by atoms with Gasteiger partial charge in [-0.1, -0.05) is 6.92 Å². The van der Waals surface area contributed by atoms with E-state index < -0.39 is 10.0 Å². The van der Waals surface area contributed by atoms with E-state index in [-0.39, 0.29) is 16.8 Å². The third-order valence-corrected chi connectivity index (χ3v) is 6.50. The summed E-state index contributed by atoms with van der Waals surface area (Å²) in [7, 11) is -3.79. The Morgan fingerprint density at radius 2 is 1.96 bits per heavy atom. The van der Waals surface area contributed by atoms with Crippen molar-refractivity contribution in [3.05, 3.63) is 30.1 Å². The summed E-state index contributed by atoms with van der Waals surface area (Å²) in [5.41, 5.74) is 0.667. The summed E-state index contributed by atoms with van der Waals surface area (Å²) in [4.78, 5) is 21.1. The van der Waals surface area contributed by atoms with Crippen molar-refractivity contribution in [1.29, 1.82) is 0 Å². The Kier molecular flexibility index (Phi) is 5.04. The molecule has 28 heavy (non-hydrogen) atoms. The molecule has 0 bridgehead atoms. The number of likely N-dealkylation sites (N-methyl/N-ethyl adjacent to an activating group) is 1. The second-order valence-electron chi connectivity index (χ2n) is 6.82. The number of carbonyl (C=O) groups is 1. The maximum absolute atomic E-state index is 12.5. The van der Waals surface area contributed by atoms with Crippen LogP contribution in [0.1, 0.15) is 17.3 Å². The van der Waals surface area contributed by atoms with Gasteiger partial charge in [0.15, 0.2) is 0 Å². The van der Waals surface area contributed by atoms with E-state index in [4.69, 9.17) is 0 Å². The van der Waals surface area contributed by atoms with E-state index >= 15 is 0 Å². The standard InChI is InChI=1S/C17H23N7O3S/c1-2-22-7-9-23(10-8-22)6-5-18-16(25)13-3-4-14-15(11-13)28(26,27)21-17-19-12-20-24(14)17/h3-4,11-12H,2,5-10H2,1H3,(H,18,25)(H,19,20,21). The third kappa shape index (κ3) is 3.60. The van der Waals surface area contributed by atoms with Crippen LogP contribution in [0.2, 0.25) is 0 Å². The fourth-order valence-electron chi connectivity index (χ4n) is 3.47. The molecule has 4 rings (SSSR count). The molecule has 0 saturated carbocycles. The van der Waals surface area contributed by atoms with Crippen LogP contribution in [0.15, 0.2) is 29.4 Å². The number of hydrogen-bond acceptors (Lipinski definition) is 7. The highest BCUT2D eigenvalue weighted by Crippen LogP contribution is 2.29. The van der Waals surface area contributed by atoms with E-state index in [2.05, 4.69) is 36.8 Å². The van der Waals surface area contributed by atoms with Crippen LogP contribution in [0.4, 0.5) is 5.95 Å². The van der Waals surface area contributed by atoms with E-state index in [0.717, 1.165) is 39.3 Å². The van der Waals surface area contributed by atoms with Gasteiger partial charge in [-0.3, -0.25) is 9.69 Å². The van der Waals surface area contributed by atoms with Crippen molar-refractivity contribution in [2.75, 3.05) is 50.5 Å². The molecule has 3 heterocycles. The number of rotatable bonds is 5. The number of piperazine rings is 1. The summed E-state index contributed by atoms with van der Waals surface area (Å²) in [5.74, 6) is -0.164. The average molecular weight is 405 g/mol. The quantitative estimate of drug-likeness (QED) is 0.705. The minimum Gasteiger partial charge on any atom is -0.351 e. The molecule has 0 radical (unpaired) electrons. The predicted octanol–water partition coefficient (Wildman–Crippen LogP) is -0.251. The first-order valence-corrected chi connectivity index (χ1v) is 10.8. The first-order chi connectivity index (χ1) is 13.5. The van der Waals surface area contributed by atoms with Crippen LogP contribution in [0, 0.1) is 0 Å². The van der Waals surface area contributed by atoms with Gasteiger partial charge in [0.05, 0.1) is 5.69 Å². The fourth-order valence-corrected chi connectivity index (χ4v) is 4.67. The summed E-state index contributed by atoms with van der Waals surface area (Å²) in [6, 6.07) is 4.54. The molecule has 1 amide bonds. The topological polar surface area (TPSA) is 112 Å². The molecule has 0 unspecified atom stereocenters. The SMILES string of the molecule is CCN1CCN(CCNC(=O)c2ccc3c(c2)S(=O)(=O)Nc2ncnn2-3)CC1. The van der Waals surface area contributed by atoms with Gasteiger partial charge in [0.1, 0.15) is 11.2 Å². The second-order valence-corrected chi connectivity index (χ2v) is 8.47. The molecule has 2 N–H and O–H groups in total. The highest BCUT2D eigenvalue weighted by molar-refractivity contribution is 7.93. The van der Waals surface area contributed by atoms with Crippen molar-refractivity contribution in [2.45, 2.75) is 11.8 Å². The van der Waals surface area contributed by atoms with Crippen LogP contribution in [0.3, 0.4) is 0 Å². The first kappa shape index (κ1) is 18.8. The summed E-state index contributed by atoms with van der Waals surface area (Å²) >= 11 is 0. The van der Waals surface area contributed by atoms with Crippen molar-refractivity contribution < 1.29 is 13.2 Å². The minimum absolute atomic E-state index is 0.00818. The van der Waals surface area contributed by atoms with Gasteiger partial charge in [-0.15, -0.1) is 0 Å². The third-order valence-electron chi connectivity index (χ3n) is 5.14. The molecule has 150 valence electrons. The lowest BCUT2D eigenvalue weighted by atomic mass is 10.2. The van der Waals surface area contributed by atoms with E-state index in [9.17, 15) is 13.2 Å². The molecule has 0 spiro atoms. The normalized spacial score (nSPS) is 18.8. The molecule has 2 aromatic rings. The van der Waals surface area contributed by atoms with Crippen LogP contribution < -0.4 is 10.0 Å². The van der Waals surface area contributed by atoms with Gasteiger partial charge in [-0.25, -0.2) is 13.1 Å². The molecule has 1 aromatic heterocycles. The fraction of sp³-hybridized carbons (Fsp3) is 0.471. The number of fused-ring (bicyclic) bond motifs is 3. The second kappa shape index (κ2) is 7.49. The molecule has 1 aromatic carbocycles. The Morgan fingerprint density at radius 1 is 1.21 bits per heavy atom. The minimum atomic E-state index is -3.79. The highest BCUT2D eigenvalue weighted by Gasteiger charge is 2.29.